The Labute approximate surface area is 164 Å². The van der Waals surface area contributed by atoms with Gasteiger partial charge in [0.1, 0.15) is 0 Å². The number of carbonyl (C=O) groups is 2. The van der Waals surface area contributed by atoms with Gasteiger partial charge in [0, 0.05) is 49.9 Å². The monoisotopic (exact) mass is 373 g/mol. The lowest BCUT2D eigenvalue weighted by Crippen LogP contribution is -2.37. The van der Waals surface area contributed by atoms with Crippen LogP contribution < -0.4 is 10.2 Å². The van der Waals surface area contributed by atoms with Crippen molar-refractivity contribution in [2.24, 2.45) is 11.8 Å². The first kappa shape index (κ1) is 21.3. The quantitative estimate of drug-likeness (QED) is 0.703. The molecular weight excluding hydrogens is 338 g/mol. The number of benzene rings is 1. The molecule has 5 heteroatoms. The van der Waals surface area contributed by atoms with E-state index < -0.39 is 0 Å². The molecule has 0 saturated heterocycles. The van der Waals surface area contributed by atoms with Crippen LogP contribution in [0.1, 0.15) is 58.9 Å². The van der Waals surface area contributed by atoms with E-state index >= 15 is 0 Å². The van der Waals surface area contributed by atoms with Crippen LogP contribution in [0.15, 0.2) is 18.2 Å². The van der Waals surface area contributed by atoms with Crippen LogP contribution >= 0.6 is 0 Å². The summed E-state index contributed by atoms with van der Waals surface area (Å²) in [5.41, 5.74) is 2.95. The molecule has 1 N–H and O–H groups in total. The standard InChI is InChI=1S/C22H35N3O2/c1-7-16(8-2)22(27)25(19-10-11-19)14-17-13-18(23-21(26)15(3)4)9-12-20(17)24(5)6/h9,12-13,15-16,19H,7-8,10-11,14H2,1-6H3,(H,23,26). The van der Waals surface area contributed by atoms with Crippen molar-refractivity contribution in [2.75, 3.05) is 24.3 Å². The largest absolute Gasteiger partial charge is 0.377 e. The molecule has 1 aromatic rings. The molecule has 0 bridgehead atoms. The molecule has 1 aliphatic carbocycles. The molecule has 0 unspecified atom stereocenters. The van der Waals surface area contributed by atoms with Crippen molar-refractivity contribution in [3.05, 3.63) is 23.8 Å². The molecule has 1 aromatic carbocycles. The Balaban J connectivity index is 2.29. The summed E-state index contributed by atoms with van der Waals surface area (Å²) in [5.74, 6) is 0.299. The average molecular weight is 374 g/mol. The molecule has 1 aliphatic rings. The van der Waals surface area contributed by atoms with Crippen LogP contribution in [0.4, 0.5) is 11.4 Å². The fourth-order valence-corrected chi connectivity index (χ4v) is 3.34. The summed E-state index contributed by atoms with van der Waals surface area (Å²) < 4.78 is 0. The highest BCUT2D eigenvalue weighted by molar-refractivity contribution is 5.92. The topological polar surface area (TPSA) is 52.7 Å². The van der Waals surface area contributed by atoms with E-state index in [1.54, 1.807) is 0 Å². The Morgan fingerprint density at radius 1 is 1.15 bits per heavy atom. The molecule has 0 atom stereocenters. The number of hydrogen-bond acceptors (Lipinski definition) is 3. The van der Waals surface area contributed by atoms with Gasteiger partial charge in [-0.2, -0.15) is 0 Å². The van der Waals surface area contributed by atoms with Crippen molar-refractivity contribution in [2.45, 2.75) is 66.0 Å². The van der Waals surface area contributed by atoms with Crippen molar-refractivity contribution in [1.29, 1.82) is 0 Å². The smallest absolute Gasteiger partial charge is 0.226 e. The Hall–Kier alpha value is -2.04. The van der Waals surface area contributed by atoms with Gasteiger partial charge >= 0.3 is 0 Å². The molecule has 0 heterocycles. The molecule has 0 aromatic heterocycles. The van der Waals surface area contributed by atoms with Crippen LogP contribution in [0.5, 0.6) is 0 Å². The summed E-state index contributed by atoms with van der Waals surface area (Å²) in [7, 11) is 4.02. The molecule has 150 valence electrons. The molecule has 5 nitrogen and oxygen atoms in total. The number of nitrogens with one attached hydrogen (secondary N) is 1. The summed E-state index contributed by atoms with van der Waals surface area (Å²) in [6.07, 6.45) is 3.94. The number of anilines is 2. The lowest BCUT2D eigenvalue weighted by atomic mass is 10.0. The number of hydrogen-bond donors (Lipinski definition) is 1. The van der Waals surface area contributed by atoms with Crippen molar-refractivity contribution >= 4 is 23.2 Å². The molecule has 2 amide bonds. The lowest BCUT2D eigenvalue weighted by molar-refractivity contribution is -0.137. The van der Waals surface area contributed by atoms with Crippen molar-refractivity contribution in [3.63, 3.8) is 0 Å². The lowest BCUT2D eigenvalue weighted by Gasteiger charge is -2.29. The zero-order chi connectivity index (χ0) is 20.1. The van der Waals surface area contributed by atoms with Crippen molar-refractivity contribution in [1.82, 2.24) is 4.90 Å². The predicted octanol–water partition coefficient (Wildman–Crippen LogP) is 4.27. The molecule has 1 fully saturated rings. The van der Waals surface area contributed by atoms with Crippen molar-refractivity contribution in [3.8, 4) is 0 Å². The van der Waals surface area contributed by atoms with Crippen LogP contribution in [0, 0.1) is 11.8 Å². The maximum atomic E-state index is 13.1. The van der Waals surface area contributed by atoms with Gasteiger partial charge in [0.25, 0.3) is 0 Å². The number of nitrogens with zero attached hydrogens (tertiary/aromatic N) is 2. The van der Waals surface area contributed by atoms with E-state index in [0.29, 0.717) is 12.6 Å². The summed E-state index contributed by atoms with van der Waals surface area (Å²) in [6.45, 7) is 8.54. The second-order valence-electron chi connectivity index (χ2n) is 8.09. The Morgan fingerprint density at radius 3 is 2.26 bits per heavy atom. The van der Waals surface area contributed by atoms with Crippen LogP contribution in [0.2, 0.25) is 0 Å². The molecule has 0 aliphatic heterocycles. The Bertz CT molecular complexity index is 662. The van der Waals surface area contributed by atoms with E-state index in [4.69, 9.17) is 0 Å². The van der Waals surface area contributed by atoms with Gasteiger partial charge in [0.15, 0.2) is 0 Å². The molecule has 27 heavy (non-hydrogen) atoms. The zero-order valence-electron chi connectivity index (χ0n) is 17.7. The first-order valence-electron chi connectivity index (χ1n) is 10.2. The van der Waals surface area contributed by atoms with E-state index in [0.717, 1.165) is 42.6 Å². The second kappa shape index (κ2) is 9.25. The van der Waals surface area contributed by atoms with Crippen LogP contribution in [0.25, 0.3) is 0 Å². The van der Waals surface area contributed by atoms with E-state index in [1.165, 1.54) is 0 Å². The van der Waals surface area contributed by atoms with E-state index in [1.807, 2.05) is 46.1 Å². The first-order chi connectivity index (χ1) is 12.8. The predicted molar refractivity (Wildman–Crippen MR) is 112 cm³/mol. The fourth-order valence-electron chi connectivity index (χ4n) is 3.34. The number of carbonyl (C=O) groups excluding carboxylic acids is 2. The molecule has 0 spiro atoms. The van der Waals surface area contributed by atoms with E-state index in [2.05, 4.69) is 29.0 Å². The highest BCUT2D eigenvalue weighted by Crippen LogP contribution is 2.33. The molecule has 1 saturated carbocycles. The third kappa shape index (κ3) is 5.47. The summed E-state index contributed by atoms with van der Waals surface area (Å²) >= 11 is 0. The minimum atomic E-state index is -0.0682. The van der Waals surface area contributed by atoms with Gasteiger partial charge in [-0.05, 0) is 49.4 Å². The average Bonchev–Trinajstić information content (AvgIpc) is 3.45. The number of amides is 2. The minimum absolute atomic E-state index is 0.00529. The maximum absolute atomic E-state index is 13.1. The van der Waals surface area contributed by atoms with Gasteiger partial charge in [-0.1, -0.05) is 27.7 Å². The highest BCUT2D eigenvalue weighted by Gasteiger charge is 2.35. The SMILES string of the molecule is CCC(CC)C(=O)N(Cc1cc(NC(=O)C(C)C)ccc1N(C)C)C1CC1. The molecule has 0 radical (unpaired) electrons. The van der Waals surface area contributed by atoms with Crippen LogP contribution in [-0.4, -0.2) is 36.9 Å². The van der Waals surface area contributed by atoms with Gasteiger partial charge in [-0.15, -0.1) is 0 Å². The summed E-state index contributed by atoms with van der Waals surface area (Å²) in [4.78, 5) is 29.3. The van der Waals surface area contributed by atoms with Gasteiger partial charge in [-0.25, -0.2) is 0 Å². The van der Waals surface area contributed by atoms with Crippen molar-refractivity contribution < 1.29 is 9.59 Å². The van der Waals surface area contributed by atoms with E-state index in [-0.39, 0.29) is 23.7 Å². The van der Waals surface area contributed by atoms with Crippen LogP contribution in [0.3, 0.4) is 0 Å². The normalized spacial score (nSPS) is 13.8. The van der Waals surface area contributed by atoms with E-state index in [9.17, 15) is 9.59 Å². The Kier molecular flexibility index (Phi) is 7.28. The first-order valence-corrected chi connectivity index (χ1v) is 10.2. The molecule has 2 rings (SSSR count). The maximum Gasteiger partial charge on any atom is 0.226 e. The van der Waals surface area contributed by atoms with Gasteiger partial charge < -0.3 is 15.1 Å². The third-order valence-corrected chi connectivity index (χ3v) is 5.30. The van der Waals surface area contributed by atoms with Gasteiger partial charge in [0.2, 0.25) is 11.8 Å². The molecular formula is C22H35N3O2. The second-order valence-corrected chi connectivity index (χ2v) is 8.09. The van der Waals surface area contributed by atoms with Crippen LogP contribution in [-0.2, 0) is 16.1 Å². The highest BCUT2D eigenvalue weighted by atomic mass is 16.2. The van der Waals surface area contributed by atoms with Gasteiger partial charge in [-0.3, -0.25) is 9.59 Å². The summed E-state index contributed by atoms with van der Waals surface area (Å²) in [6, 6.07) is 6.34. The fraction of sp³-hybridized carbons (Fsp3) is 0.636. The number of rotatable bonds is 9. The summed E-state index contributed by atoms with van der Waals surface area (Å²) in [5, 5.41) is 2.98. The Morgan fingerprint density at radius 2 is 1.78 bits per heavy atom. The third-order valence-electron chi connectivity index (χ3n) is 5.30. The zero-order valence-corrected chi connectivity index (χ0v) is 17.7. The van der Waals surface area contributed by atoms with Gasteiger partial charge in [0.05, 0.1) is 0 Å². The minimum Gasteiger partial charge on any atom is -0.377 e.